The number of aliphatic hydroxyl groups excluding tert-OH is 1. The number of rotatable bonds is 7. The van der Waals surface area contributed by atoms with Gasteiger partial charge in [0.25, 0.3) is 11.8 Å². The number of amides is 2. The van der Waals surface area contributed by atoms with Crippen LogP contribution in [0.5, 0.6) is 5.75 Å². The topological polar surface area (TPSA) is 133 Å². The number of carbonyl (C=O) groups is 3. The molecule has 1 fully saturated rings. The first-order valence-electron chi connectivity index (χ1n) is 12.0. The number of phenolic OH excluding ortho intramolecular Hbond substituents is 1. The predicted molar refractivity (Wildman–Crippen MR) is 144 cm³/mol. The highest BCUT2D eigenvalue weighted by Crippen LogP contribution is 2.35. The Morgan fingerprint density at radius 2 is 1.46 bits per heavy atom. The molecule has 0 spiro atoms. The van der Waals surface area contributed by atoms with Crippen LogP contribution in [0.2, 0.25) is 0 Å². The third kappa shape index (κ3) is 4.52. The van der Waals surface area contributed by atoms with Crippen LogP contribution in [0.4, 0.5) is 11.4 Å². The summed E-state index contributed by atoms with van der Waals surface area (Å²) in [5.41, 5.74) is 1.90. The van der Waals surface area contributed by atoms with Crippen LogP contribution in [0.3, 0.4) is 0 Å². The number of benzene rings is 3. The van der Waals surface area contributed by atoms with Crippen molar-refractivity contribution in [3.8, 4) is 5.75 Å². The van der Waals surface area contributed by atoms with E-state index in [0.717, 1.165) is 10.9 Å². The van der Waals surface area contributed by atoms with E-state index in [-0.39, 0.29) is 22.6 Å². The van der Waals surface area contributed by atoms with Gasteiger partial charge in [0.15, 0.2) is 6.29 Å². The number of carboxylic acids is 1. The van der Waals surface area contributed by atoms with Gasteiger partial charge in [-0.15, -0.1) is 0 Å². The van der Waals surface area contributed by atoms with Gasteiger partial charge in [-0.25, -0.2) is 14.8 Å². The molecule has 2 amide bonds. The first kappa shape index (κ1) is 25.7. The quantitative estimate of drug-likeness (QED) is 0.188. The lowest BCUT2D eigenvalue weighted by molar-refractivity contribution is -0.116. The van der Waals surface area contributed by atoms with Crippen molar-refractivity contribution in [3.05, 3.63) is 95.7 Å². The average molecular weight is 528 g/mol. The van der Waals surface area contributed by atoms with Crippen molar-refractivity contribution in [2.75, 3.05) is 17.1 Å². The first-order chi connectivity index (χ1) is 18.7. The van der Waals surface area contributed by atoms with Crippen molar-refractivity contribution in [2.45, 2.75) is 19.3 Å². The number of carbonyl (C=O) groups excluding carboxylic acids is 2. The Morgan fingerprint density at radius 1 is 0.897 bits per heavy atom. The van der Waals surface area contributed by atoms with Crippen molar-refractivity contribution >= 4 is 46.1 Å². The minimum Gasteiger partial charge on any atom is -0.508 e. The van der Waals surface area contributed by atoms with Gasteiger partial charge in [0.1, 0.15) is 11.3 Å². The number of aromatic carboxylic acids is 1. The van der Waals surface area contributed by atoms with E-state index in [4.69, 9.17) is 4.74 Å². The van der Waals surface area contributed by atoms with Gasteiger partial charge in [-0.3, -0.25) is 9.59 Å². The van der Waals surface area contributed by atoms with Crippen LogP contribution in [0.1, 0.15) is 28.9 Å². The average Bonchev–Trinajstić information content (AvgIpc) is 3.43. The van der Waals surface area contributed by atoms with Gasteiger partial charge < -0.3 is 24.6 Å². The molecular weight excluding hydrogens is 502 g/mol. The number of hydrogen-bond acceptors (Lipinski definition) is 6. The highest BCUT2D eigenvalue weighted by molar-refractivity contribution is 6.38. The fourth-order valence-corrected chi connectivity index (χ4v) is 4.60. The van der Waals surface area contributed by atoms with Gasteiger partial charge >= 0.3 is 5.97 Å². The maximum Gasteiger partial charge on any atom is 0.335 e. The minimum atomic E-state index is -1.12. The molecule has 2 atom stereocenters. The summed E-state index contributed by atoms with van der Waals surface area (Å²) in [4.78, 5) is 38.9. The molecule has 5 rings (SSSR count). The molecule has 198 valence electrons. The third-order valence-electron chi connectivity index (χ3n) is 6.66. The molecule has 1 aliphatic rings. The van der Waals surface area contributed by atoms with Gasteiger partial charge in [0.2, 0.25) is 0 Å². The van der Waals surface area contributed by atoms with E-state index >= 15 is 0 Å². The number of anilines is 2. The smallest absolute Gasteiger partial charge is 0.335 e. The molecule has 3 aromatic carbocycles. The summed E-state index contributed by atoms with van der Waals surface area (Å²) >= 11 is 0. The Morgan fingerprint density at radius 3 is 2.03 bits per heavy atom. The Labute approximate surface area is 223 Å². The molecule has 10 nitrogen and oxygen atoms in total. The number of fused-ring (bicyclic) bond motifs is 1. The Kier molecular flexibility index (Phi) is 6.65. The molecule has 10 heteroatoms. The Balaban J connectivity index is 1.64. The van der Waals surface area contributed by atoms with Crippen LogP contribution < -0.4 is 10.0 Å². The molecule has 0 bridgehead atoms. The first-order valence-corrected chi connectivity index (χ1v) is 12.0. The summed E-state index contributed by atoms with van der Waals surface area (Å²) in [5, 5.41) is 32.4. The van der Waals surface area contributed by atoms with Crippen molar-refractivity contribution in [3.63, 3.8) is 0 Å². The minimum absolute atomic E-state index is 0.00924. The van der Waals surface area contributed by atoms with Crippen LogP contribution in [0.15, 0.2) is 84.6 Å². The molecular formula is C29H25N3O7. The van der Waals surface area contributed by atoms with E-state index in [0.29, 0.717) is 11.3 Å². The van der Waals surface area contributed by atoms with Crippen molar-refractivity contribution in [1.29, 1.82) is 0 Å². The normalized spacial score (nSPS) is 16.3. The number of nitrogens with zero attached hydrogens (tertiary/aromatic N) is 3. The third-order valence-corrected chi connectivity index (χ3v) is 6.66. The highest BCUT2D eigenvalue weighted by atomic mass is 16.6. The number of aromatic nitrogens is 1. The molecule has 1 aliphatic heterocycles. The number of hydrogen-bond donors (Lipinski definition) is 3. The molecule has 4 aromatic rings. The lowest BCUT2D eigenvalue weighted by Crippen LogP contribution is -2.41. The van der Waals surface area contributed by atoms with E-state index in [1.165, 1.54) is 71.7 Å². The molecule has 2 heterocycles. The maximum absolute atomic E-state index is 13.8. The molecule has 1 aromatic heterocycles. The highest BCUT2D eigenvalue weighted by Gasteiger charge is 2.43. The lowest BCUT2D eigenvalue weighted by Gasteiger charge is -2.27. The van der Waals surface area contributed by atoms with Crippen molar-refractivity contribution < 1.29 is 34.4 Å². The molecule has 0 aliphatic carbocycles. The van der Waals surface area contributed by atoms with E-state index in [1.807, 2.05) is 28.8 Å². The van der Waals surface area contributed by atoms with Gasteiger partial charge in [-0.1, -0.05) is 18.2 Å². The van der Waals surface area contributed by atoms with Crippen LogP contribution in [0, 0.1) is 0 Å². The number of aromatic hydroxyl groups is 1. The zero-order chi connectivity index (χ0) is 27.8. The van der Waals surface area contributed by atoms with Crippen LogP contribution in [0.25, 0.3) is 17.0 Å². The summed E-state index contributed by atoms with van der Waals surface area (Å²) < 4.78 is 6.91. The molecule has 0 saturated carbocycles. The van der Waals surface area contributed by atoms with Crippen LogP contribution in [-0.2, 0) is 14.3 Å². The number of ether oxygens (including phenoxy) is 1. The van der Waals surface area contributed by atoms with E-state index in [9.17, 15) is 29.7 Å². The number of para-hydroxylation sites is 1. The largest absolute Gasteiger partial charge is 0.508 e. The number of methoxy groups -OCH3 is 1. The SMILES string of the molecule is COC(O)C(C)n1cc(/C=C2\C(=O)N(c3ccc(O)cc3)N(c3ccc(C(=O)O)cc3)C2=O)c2ccccc21. The standard InChI is InChI=1S/C29H25N3O7/c1-17(29(38)39-2)30-16-19(23-5-3-4-6-25(23)30)15-24-26(34)31(20-9-7-18(8-10-20)28(36)37)32(27(24)35)21-11-13-22(33)14-12-21/h3-17,29,33,38H,1-2H3,(H,36,37)/b24-15-. The van der Waals surface area contributed by atoms with Crippen molar-refractivity contribution in [2.24, 2.45) is 0 Å². The predicted octanol–water partition coefficient (Wildman–Crippen LogP) is 3.95. The van der Waals surface area contributed by atoms with E-state index in [2.05, 4.69) is 0 Å². The van der Waals surface area contributed by atoms with Gasteiger partial charge in [0, 0.05) is 29.8 Å². The number of aliphatic hydroxyl groups is 1. The summed E-state index contributed by atoms with van der Waals surface area (Å²) in [6.07, 6.45) is 2.18. The summed E-state index contributed by atoms with van der Waals surface area (Å²) in [6, 6.07) is 18.4. The lowest BCUT2D eigenvalue weighted by atomic mass is 10.1. The maximum atomic E-state index is 13.8. The summed E-state index contributed by atoms with van der Waals surface area (Å²) in [7, 11) is 1.40. The molecule has 0 radical (unpaired) electrons. The molecule has 2 unspecified atom stereocenters. The second-order valence-corrected chi connectivity index (χ2v) is 9.04. The zero-order valence-corrected chi connectivity index (χ0v) is 21.1. The summed E-state index contributed by atoms with van der Waals surface area (Å²) in [5.74, 6) is -2.34. The van der Waals surface area contributed by atoms with Crippen LogP contribution >= 0.6 is 0 Å². The van der Waals surface area contributed by atoms with E-state index < -0.39 is 30.1 Å². The zero-order valence-electron chi connectivity index (χ0n) is 21.1. The van der Waals surface area contributed by atoms with Gasteiger partial charge in [-0.2, -0.15) is 0 Å². The molecule has 39 heavy (non-hydrogen) atoms. The molecule has 1 saturated heterocycles. The van der Waals surface area contributed by atoms with Gasteiger partial charge in [0.05, 0.1) is 23.0 Å². The molecule has 3 N–H and O–H groups in total. The fraction of sp³-hybridized carbons (Fsp3) is 0.138. The number of phenols is 1. The van der Waals surface area contributed by atoms with Gasteiger partial charge in [-0.05, 0) is 67.6 Å². The van der Waals surface area contributed by atoms with Crippen LogP contribution in [-0.4, -0.2) is 51.1 Å². The Hall–Kier alpha value is -4.93. The van der Waals surface area contributed by atoms with Crippen molar-refractivity contribution in [1.82, 2.24) is 4.57 Å². The second kappa shape index (κ2) is 10.1. The Bertz CT molecular complexity index is 1610. The van der Waals surface area contributed by atoms with E-state index in [1.54, 1.807) is 13.1 Å². The monoisotopic (exact) mass is 527 g/mol. The summed E-state index contributed by atoms with van der Waals surface area (Å²) in [6.45, 7) is 1.79. The number of hydrazine groups is 1. The number of carboxylic acid groups (broad SMARTS) is 1. The second-order valence-electron chi connectivity index (χ2n) is 9.04. The fourth-order valence-electron chi connectivity index (χ4n) is 4.60.